The van der Waals surface area contributed by atoms with Crippen molar-refractivity contribution in [3.05, 3.63) is 47.3 Å². The molecule has 1 unspecified atom stereocenters. The highest BCUT2D eigenvalue weighted by atomic mass is 32.2. The second kappa shape index (κ2) is 10.7. The quantitative estimate of drug-likeness (QED) is 0.471. The van der Waals surface area contributed by atoms with Gasteiger partial charge in [0.15, 0.2) is 0 Å². The van der Waals surface area contributed by atoms with E-state index in [9.17, 15) is 26.4 Å². The van der Waals surface area contributed by atoms with Crippen LogP contribution < -0.4 is 14.8 Å². The number of nitrogens with zero attached hydrogens (tertiary/aromatic N) is 2. The first-order chi connectivity index (χ1) is 16.0. The highest BCUT2D eigenvalue weighted by Gasteiger charge is 2.35. The van der Waals surface area contributed by atoms with Gasteiger partial charge in [-0.25, -0.2) is 17.9 Å². The van der Waals surface area contributed by atoms with Crippen LogP contribution in [0, 0.1) is 0 Å². The Morgan fingerprint density at radius 1 is 1.35 bits per heavy atom. The van der Waals surface area contributed by atoms with Crippen LogP contribution in [0.25, 0.3) is 0 Å². The lowest BCUT2D eigenvalue weighted by molar-refractivity contribution is -0.274. The topological polar surface area (TPSA) is 100 Å². The second-order valence-electron chi connectivity index (χ2n) is 7.50. The zero-order valence-corrected chi connectivity index (χ0v) is 20.1. The van der Waals surface area contributed by atoms with E-state index in [1.165, 1.54) is 11.8 Å². The largest absolute Gasteiger partial charge is 0.573 e. The molecule has 1 aromatic carbocycles. The number of thioether (sulfide) groups is 1. The fraction of sp³-hybridized carbons (Fsp3) is 0.450. The third-order valence-electron chi connectivity index (χ3n) is 4.76. The summed E-state index contributed by atoms with van der Waals surface area (Å²) in [6.07, 6.45) is 0.630. The maximum atomic E-state index is 13.0. The van der Waals surface area contributed by atoms with Crippen molar-refractivity contribution in [2.45, 2.75) is 36.4 Å². The lowest BCUT2D eigenvalue weighted by atomic mass is 10.2. The van der Waals surface area contributed by atoms with Crippen molar-refractivity contribution in [3.63, 3.8) is 0 Å². The number of halogens is 3. The highest BCUT2D eigenvalue weighted by molar-refractivity contribution is 8.03. The molecule has 9 nitrogen and oxygen atoms in total. The molecule has 188 valence electrons. The van der Waals surface area contributed by atoms with Crippen LogP contribution in [0.15, 0.2) is 46.6 Å². The van der Waals surface area contributed by atoms with E-state index in [0.717, 1.165) is 29.5 Å². The van der Waals surface area contributed by atoms with Gasteiger partial charge < -0.3 is 24.6 Å². The Morgan fingerprint density at radius 2 is 2.12 bits per heavy atom. The molecule has 0 spiro atoms. The van der Waals surface area contributed by atoms with Crippen LogP contribution >= 0.6 is 11.8 Å². The third kappa shape index (κ3) is 6.88. The Labute approximate surface area is 200 Å². The van der Waals surface area contributed by atoms with Crippen LogP contribution in [0.1, 0.15) is 30.7 Å². The van der Waals surface area contributed by atoms with E-state index >= 15 is 0 Å². The van der Waals surface area contributed by atoms with E-state index < -0.39 is 33.6 Å². The molecule has 0 fully saturated rings. The molecule has 14 heteroatoms. The number of unbranched alkanes of at least 4 members (excludes halogenated alkanes) is 1. The van der Waals surface area contributed by atoms with E-state index in [0.29, 0.717) is 19.6 Å². The molecule has 1 atom stereocenters. The normalized spacial score (nSPS) is 18.0. The zero-order chi connectivity index (χ0) is 24.9. The van der Waals surface area contributed by atoms with Gasteiger partial charge in [-0.2, -0.15) is 0 Å². The van der Waals surface area contributed by atoms with Crippen LogP contribution in [-0.4, -0.2) is 57.5 Å². The molecule has 2 N–H and O–H groups in total. The first-order valence-electron chi connectivity index (χ1n) is 10.3. The maximum Gasteiger partial charge on any atom is 0.573 e. The molecule has 0 bridgehead atoms. The summed E-state index contributed by atoms with van der Waals surface area (Å²) in [6.45, 7) is 3.05. The summed E-state index contributed by atoms with van der Waals surface area (Å²) in [6, 6.07) is 2.90. The number of ether oxygens (including phenoxy) is 2. The van der Waals surface area contributed by atoms with Gasteiger partial charge in [0.25, 0.3) is 10.0 Å². The standard InChI is InChI=1S/C20H25F3N4O5S2/c1-3-4-9-31-19(28)25-34(29,30)17-6-5-14(32-20(21,22)23)10-16(17)18-26(2)11-15(33-18)12-27-8-7-24-13-27/h5-8,10-11,18,24H,3-4,9,12-13H2,1-2H3,(H,25,28). The van der Waals surface area contributed by atoms with Crippen molar-refractivity contribution in [1.82, 2.24) is 19.8 Å². The number of rotatable bonds is 9. The van der Waals surface area contributed by atoms with E-state index in [2.05, 4.69) is 10.1 Å². The summed E-state index contributed by atoms with van der Waals surface area (Å²) in [5.74, 6) is -0.568. The van der Waals surface area contributed by atoms with Gasteiger partial charge in [0.05, 0.1) is 24.7 Å². The molecule has 0 aromatic heterocycles. The highest BCUT2D eigenvalue weighted by Crippen LogP contribution is 2.46. The number of alkyl halides is 3. The second-order valence-corrected chi connectivity index (χ2v) is 10.4. The van der Waals surface area contributed by atoms with Crippen molar-refractivity contribution in [2.24, 2.45) is 0 Å². The molecule has 3 rings (SSSR count). The zero-order valence-electron chi connectivity index (χ0n) is 18.5. The van der Waals surface area contributed by atoms with Gasteiger partial charge in [-0.3, -0.25) is 0 Å². The van der Waals surface area contributed by atoms with Gasteiger partial charge in [0, 0.05) is 36.1 Å². The van der Waals surface area contributed by atoms with Gasteiger partial charge >= 0.3 is 12.5 Å². The van der Waals surface area contributed by atoms with E-state index in [4.69, 9.17) is 4.74 Å². The maximum absolute atomic E-state index is 13.0. The molecule has 2 heterocycles. The summed E-state index contributed by atoms with van der Waals surface area (Å²) in [4.78, 5) is 16.2. The van der Waals surface area contributed by atoms with Crippen molar-refractivity contribution >= 4 is 27.9 Å². The lowest BCUT2D eigenvalue weighted by Gasteiger charge is -2.24. The Balaban J connectivity index is 1.88. The molecule has 1 aromatic rings. The van der Waals surface area contributed by atoms with Crippen molar-refractivity contribution in [1.29, 1.82) is 0 Å². The number of benzene rings is 1. The van der Waals surface area contributed by atoms with Crippen LogP contribution in [0.4, 0.5) is 18.0 Å². The van der Waals surface area contributed by atoms with Crippen LogP contribution in [0.3, 0.4) is 0 Å². The SMILES string of the molecule is CCCCOC(=O)NS(=O)(=O)c1ccc(OC(F)(F)F)cc1C1SC(CN2C=CNC2)=CN1C. The monoisotopic (exact) mass is 522 g/mol. The summed E-state index contributed by atoms with van der Waals surface area (Å²) in [7, 11) is -2.76. The molecule has 1 amide bonds. The van der Waals surface area contributed by atoms with Crippen molar-refractivity contribution in [3.8, 4) is 5.75 Å². The molecule has 0 aliphatic carbocycles. The summed E-state index contributed by atoms with van der Waals surface area (Å²) in [5.41, 5.74) is 0.0319. The van der Waals surface area contributed by atoms with Gasteiger partial charge in [-0.15, -0.1) is 13.2 Å². The van der Waals surface area contributed by atoms with Gasteiger partial charge in [0.1, 0.15) is 11.1 Å². The molecule has 0 saturated heterocycles. The number of nitrogens with one attached hydrogen (secondary N) is 2. The van der Waals surface area contributed by atoms with Crippen LogP contribution in [-0.2, 0) is 14.8 Å². The van der Waals surface area contributed by atoms with Gasteiger partial charge in [0.2, 0.25) is 0 Å². The summed E-state index contributed by atoms with van der Waals surface area (Å²) >= 11 is 1.29. The Morgan fingerprint density at radius 3 is 2.76 bits per heavy atom. The van der Waals surface area contributed by atoms with E-state index in [1.54, 1.807) is 24.3 Å². The first-order valence-corrected chi connectivity index (χ1v) is 12.7. The number of sulfonamides is 1. The average Bonchev–Trinajstić information content (AvgIpc) is 3.36. The fourth-order valence-corrected chi connectivity index (χ4v) is 5.76. The first kappa shape index (κ1) is 25.9. The van der Waals surface area contributed by atoms with E-state index in [-0.39, 0.29) is 17.1 Å². The van der Waals surface area contributed by atoms with Gasteiger partial charge in [-0.05, 0) is 24.6 Å². The number of amides is 1. The Hall–Kier alpha value is -2.74. The molecular formula is C20H25F3N4O5S2. The minimum absolute atomic E-state index is 0.0319. The number of hydrogen-bond acceptors (Lipinski definition) is 9. The van der Waals surface area contributed by atoms with Crippen molar-refractivity contribution in [2.75, 3.05) is 26.9 Å². The number of carbonyl (C=O) groups excluding carboxylic acids is 1. The molecular weight excluding hydrogens is 497 g/mol. The molecule has 0 radical (unpaired) electrons. The fourth-order valence-electron chi connectivity index (χ4n) is 3.27. The third-order valence-corrected chi connectivity index (χ3v) is 7.49. The Kier molecular flexibility index (Phi) is 8.13. The molecule has 34 heavy (non-hydrogen) atoms. The molecule has 2 aliphatic heterocycles. The average molecular weight is 523 g/mol. The molecule has 0 saturated carbocycles. The predicted molar refractivity (Wildman–Crippen MR) is 120 cm³/mol. The minimum atomic E-state index is -4.95. The molecule has 2 aliphatic rings. The lowest BCUT2D eigenvalue weighted by Crippen LogP contribution is -2.32. The predicted octanol–water partition coefficient (Wildman–Crippen LogP) is 3.65. The van der Waals surface area contributed by atoms with Crippen molar-refractivity contribution < 1.29 is 35.9 Å². The van der Waals surface area contributed by atoms with Gasteiger partial charge in [-0.1, -0.05) is 25.1 Å². The number of carbonyl (C=O) groups is 1. The van der Waals surface area contributed by atoms with Crippen LogP contribution in [0.5, 0.6) is 5.75 Å². The van der Waals surface area contributed by atoms with Crippen LogP contribution in [0.2, 0.25) is 0 Å². The van der Waals surface area contributed by atoms with E-state index in [1.807, 2.05) is 22.7 Å². The number of hydrogen-bond donors (Lipinski definition) is 2. The summed E-state index contributed by atoms with van der Waals surface area (Å²) in [5, 5.41) is 2.36. The smallest absolute Gasteiger partial charge is 0.449 e. The Bertz CT molecular complexity index is 1060. The minimum Gasteiger partial charge on any atom is -0.449 e. The summed E-state index contributed by atoms with van der Waals surface area (Å²) < 4.78 is 75.1.